The second-order valence-electron chi connectivity index (χ2n) is 7.59. The average Bonchev–Trinajstić information content (AvgIpc) is 3.44. The van der Waals surface area contributed by atoms with Crippen LogP contribution in [0.1, 0.15) is 27.4 Å². The number of imide groups is 1. The largest absolute Gasteiger partial charge is 0.493 e. The number of nitrogens with zero attached hydrogens (tertiary/aromatic N) is 1. The predicted molar refractivity (Wildman–Crippen MR) is 131 cm³/mol. The maximum atomic E-state index is 12.9. The molecule has 1 fully saturated rings. The van der Waals surface area contributed by atoms with Gasteiger partial charge in [-0.15, -0.1) is 0 Å². The summed E-state index contributed by atoms with van der Waals surface area (Å²) in [6.07, 6.45) is 1.47. The van der Waals surface area contributed by atoms with Crippen molar-refractivity contribution in [3.8, 4) is 11.5 Å². The molecular weight excluding hydrogens is 511 g/mol. The monoisotopic (exact) mass is 530 g/mol. The van der Waals surface area contributed by atoms with E-state index in [-0.39, 0.29) is 35.4 Å². The molecule has 1 N–H and O–H groups in total. The number of carbonyl (C=O) groups is 3. The van der Waals surface area contributed by atoms with Gasteiger partial charge < -0.3 is 23.9 Å². The molecule has 0 saturated carbocycles. The summed E-state index contributed by atoms with van der Waals surface area (Å²) in [4.78, 5) is 37.8. The molecule has 0 bridgehead atoms. The number of furan rings is 1. The lowest BCUT2D eigenvalue weighted by Crippen LogP contribution is -2.30. The molecule has 2 aromatic carbocycles. The van der Waals surface area contributed by atoms with Crippen LogP contribution in [0.3, 0.4) is 0 Å². The predicted octanol–water partition coefficient (Wildman–Crippen LogP) is 5.05. The van der Waals surface area contributed by atoms with Gasteiger partial charge in [0.05, 0.1) is 25.8 Å². The third-order valence-electron chi connectivity index (χ3n) is 5.18. The van der Waals surface area contributed by atoms with E-state index in [2.05, 4.69) is 10.1 Å². The Morgan fingerprint density at radius 1 is 1.08 bits per heavy atom. The molecule has 1 aliphatic heterocycles. The fraction of sp³-hybridized carbons (Fsp3) is 0.160. The molecule has 0 spiro atoms. The van der Waals surface area contributed by atoms with Crippen LogP contribution in [0.2, 0.25) is 10.0 Å². The van der Waals surface area contributed by atoms with Gasteiger partial charge in [-0.25, -0.2) is 9.59 Å². The summed E-state index contributed by atoms with van der Waals surface area (Å²) in [5.41, 5.74) is 1.43. The molecule has 1 saturated heterocycles. The van der Waals surface area contributed by atoms with Crippen LogP contribution in [-0.2, 0) is 22.7 Å². The Morgan fingerprint density at radius 3 is 2.53 bits per heavy atom. The first-order chi connectivity index (χ1) is 17.3. The number of halogens is 2. The van der Waals surface area contributed by atoms with E-state index in [1.165, 1.54) is 32.4 Å². The van der Waals surface area contributed by atoms with Crippen molar-refractivity contribution < 1.29 is 33.0 Å². The van der Waals surface area contributed by atoms with Gasteiger partial charge in [0.25, 0.3) is 5.91 Å². The van der Waals surface area contributed by atoms with Gasteiger partial charge >= 0.3 is 12.0 Å². The summed E-state index contributed by atoms with van der Waals surface area (Å²) in [6.45, 7) is 0.0716. The summed E-state index contributed by atoms with van der Waals surface area (Å²) in [6, 6.07) is 12.7. The highest BCUT2D eigenvalue weighted by atomic mass is 35.5. The Hall–Kier alpha value is -3.95. The Balaban J connectivity index is 1.50. The van der Waals surface area contributed by atoms with Crippen molar-refractivity contribution in [3.05, 3.63) is 86.9 Å². The quantitative estimate of drug-likeness (QED) is 0.246. The van der Waals surface area contributed by atoms with E-state index in [0.717, 1.165) is 10.5 Å². The molecule has 36 heavy (non-hydrogen) atoms. The molecule has 11 heteroatoms. The maximum Gasteiger partial charge on any atom is 0.373 e. The first-order valence-corrected chi connectivity index (χ1v) is 11.3. The Morgan fingerprint density at radius 2 is 1.83 bits per heavy atom. The molecule has 186 valence electrons. The average molecular weight is 531 g/mol. The minimum absolute atomic E-state index is 0.0320. The van der Waals surface area contributed by atoms with Crippen molar-refractivity contribution >= 4 is 47.2 Å². The van der Waals surface area contributed by atoms with E-state index >= 15 is 0 Å². The fourth-order valence-electron chi connectivity index (χ4n) is 3.41. The van der Waals surface area contributed by atoms with Gasteiger partial charge in [0.2, 0.25) is 5.76 Å². The summed E-state index contributed by atoms with van der Waals surface area (Å²) >= 11 is 12.4. The zero-order valence-corrected chi connectivity index (χ0v) is 20.7. The normalized spacial score (nSPS) is 14.2. The number of urea groups is 1. The van der Waals surface area contributed by atoms with Gasteiger partial charge in [0.15, 0.2) is 11.5 Å². The van der Waals surface area contributed by atoms with E-state index in [9.17, 15) is 14.4 Å². The van der Waals surface area contributed by atoms with Crippen LogP contribution in [0, 0.1) is 0 Å². The summed E-state index contributed by atoms with van der Waals surface area (Å²) in [5.74, 6) is -0.344. The second kappa shape index (κ2) is 10.8. The zero-order valence-electron chi connectivity index (χ0n) is 19.2. The number of hydrogen-bond donors (Lipinski definition) is 1. The standard InChI is InChI=1S/C25H20Cl2N2O7/c1-33-21-11-15(9-18(27)22(21)35-13-14-3-5-16(26)6-4-14)10-19-23(30)29(25(32)28-19)12-17-7-8-20(36-17)24(31)34-2/h3-11H,12-13H2,1-2H3,(H,28,32)/b19-10-. The first kappa shape index (κ1) is 25.2. The lowest BCUT2D eigenvalue weighted by Gasteiger charge is -2.14. The van der Waals surface area contributed by atoms with E-state index < -0.39 is 17.9 Å². The van der Waals surface area contributed by atoms with Crippen LogP contribution in [0.4, 0.5) is 4.79 Å². The fourth-order valence-corrected chi connectivity index (χ4v) is 3.81. The van der Waals surface area contributed by atoms with Crippen molar-refractivity contribution in [1.82, 2.24) is 10.2 Å². The lowest BCUT2D eigenvalue weighted by molar-refractivity contribution is -0.123. The lowest BCUT2D eigenvalue weighted by atomic mass is 10.1. The number of benzene rings is 2. The van der Waals surface area contributed by atoms with E-state index in [1.54, 1.807) is 24.3 Å². The summed E-state index contributed by atoms with van der Waals surface area (Å²) in [5, 5.41) is 3.40. The van der Waals surface area contributed by atoms with Gasteiger partial charge in [-0.3, -0.25) is 9.69 Å². The third kappa shape index (κ3) is 5.48. The van der Waals surface area contributed by atoms with Crippen molar-refractivity contribution in [2.45, 2.75) is 13.2 Å². The molecule has 3 aromatic rings. The van der Waals surface area contributed by atoms with E-state index in [0.29, 0.717) is 22.1 Å². The first-order valence-electron chi connectivity index (χ1n) is 10.6. The van der Waals surface area contributed by atoms with Crippen LogP contribution in [0.25, 0.3) is 6.08 Å². The van der Waals surface area contributed by atoms with Crippen molar-refractivity contribution in [2.75, 3.05) is 14.2 Å². The van der Waals surface area contributed by atoms with Crippen molar-refractivity contribution in [1.29, 1.82) is 0 Å². The number of esters is 1. The molecule has 0 unspecified atom stereocenters. The summed E-state index contributed by atoms with van der Waals surface area (Å²) in [7, 11) is 2.69. The minimum Gasteiger partial charge on any atom is -0.493 e. The number of nitrogens with one attached hydrogen (secondary N) is 1. The molecule has 2 heterocycles. The molecular formula is C25H20Cl2N2O7. The van der Waals surface area contributed by atoms with Crippen LogP contribution >= 0.6 is 23.2 Å². The number of rotatable bonds is 8. The Bertz CT molecular complexity index is 1350. The SMILES string of the molecule is COC(=O)c1ccc(CN2C(=O)N/C(=C\c3cc(Cl)c(OCc4ccc(Cl)cc4)c(OC)c3)C2=O)o1. The van der Waals surface area contributed by atoms with Crippen LogP contribution in [0.15, 0.2) is 58.6 Å². The van der Waals surface area contributed by atoms with Gasteiger partial charge in [-0.2, -0.15) is 0 Å². The molecule has 1 aromatic heterocycles. The molecule has 4 rings (SSSR count). The maximum absolute atomic E-state index is 12.9. The van der Waals surface area contributed by atoms with Gasteiger partial charge in [0.1, 0.15) is 18.1 Å². The van der Waals surface area contributed by atoms with Gasteiger partial charge in [-0.1, -0.05) is 35.3 Å². The second-order valence-corrected chi connectivity index (χ2v) is 8.43. The van der Waals surface area contributed by atoms with E-state index in [4.69, 9.17) is 37.1 Å². The van der Waals surface area contributed by atoms with E-state index in [1.807, 2.05) is 12.1 Å². The molecule has 3 amide bonds. The molecule has 9 nitrogen and oxygen atoms in total. The van der Waals surface area contributed by atoms with Crippen molar-refractivity contribution in [2.24, 2.45) is 0 Å². The van der Waals surface area contributed by atoms with Crippen LogP contribution in [0.5, 0.6) is 11.5 Å². The number of ether oxygens (including phenoxy) is 3. The molecule has 0 aliphatic carbocycles. The Kier molecular flexibility index (Phi) is 7.52. The smallest absolute Gasteiger partial charge is 0.373 e. The number of amides is 3. The highest BCUT2D eigenvalue weighted by molar-refractivity contribution is 6.32. The number of hydrogen-bond acceptors (Lipinski definition) is 7. The third-order valence-corrected chi connectivity index (χ3v) is 5.72. The topological polar surface area (TPSA) is 107 Å². The number of methoxy groups -OCH3 is 2. The highest BCUT2D eigenvalue weighted by Gasteiger charge is 2.34. The zero-order chi connectivity index (χ0) is 25.8. The molecule has 0 radical (unpaired) electrons. The van der Waals surface area contributed by atoms with Gasteiger partial charge in [-0.05, 0) is 53.6 Å². The van der Waals surface area contributed by atoms with Crippen molar-refractivity contribution in [3.63, 3.8) is 0 Å². The minimum atomic E-state index is -0.662. The van der Waals surface area contributed by atoms with Crippen LogP contribution < -0.4 is 14.8 Å². The molecule has 0 atom stereocenters. The molecule has 1 aliphatic rings. The summed E-state index contributed by atoms with van der Waals surface area (Å²) < 4.78 is 21.2. The van der Waals surface area contributed by atoms with Crippen LogP contribution in [-0.4, -0.2) is 37.0 Å². The van der Waals surface area contributed by atoms with Gasteiger partial charge in [0, 0.05) is 5.02 Å². The number of carbonyl (C=O) groups excluding carboxylic acids is 3. The Labute approximate surface area is 216 Å². The highest BCUT2D eigenvalue weighted by Crippen LogP contribution is 2.37.